The van der Waals surface area contributed by atoms with Crippen molar-refractivity contribution >= 4 is 63.4 Å². The summed E-state index contributed by atoms with van der Waals surface area (Å²) in [5.74, 6) is -1.11. The second-order valence-electron chi connectivity index (χ2n) is 12.1. The SMILES string of the molecule is Cc1ccc(-c2csc(NC(=O)C(Sc3cccc(NC(=O)/C(=C\c4ccc(N(C)C)cc4)NC(=O)c4ccccc4)c3)c3ccccc3)n2)cc1. The van der Waals surface area contributed by atoms with E-state index in [4.69, 9.17) is 0 Å². The van der Waals surface area contributed by atoms with Crippen LogP contribution in [0.1, 0.15) is 32.3 Å². The third kappa shape index (κ3) is 9.42. The zero-order valence-electron chi connectivity index (χ0n) is 28.9. The van der Waals surface area contributed by atoms with Gasteiger partial charge in [-0.05, 0) is 66.6 Å². The third-order valence-corrected chi connectivity index (χ3v) is 10.0. The van der Waals surface area contributed by atoms with Gasteiger partial charge in [-0.3, -0.25) is 14.4 Å². The number of thioether (sulfide) groups is 1. The molecule has 6 rings (SSSR count). The Morgan fingerprint density at radius 2 is 1.48 bits per heavy atom. The van der Waals surface area contributed by atoms with E-state index in [2.05, 4.69) is 20.9 Å². The summed E-state index contributed by atoms with van der Waals surface area (Å²) in [5.41, 5.74) is 6.54. The van der Waals surface area contributed by atoms with E-state index in [1.165, 1.54) is 23.1 Å². The molecule has 260 valence electrons. The zero-order chi connectivity index (χ0) is 36.5. The molecule has 1 heterocycles. The number of anilines is 3. The molecule has 0 bridgehead atoms. The molecule has 0 aliphatic heterocycles. The number of amides is 3. The number of thiazole rings is 1. The van der Waals surface area contributed by atoms with E-state index in [1.807, 2.05) is 134 Å². The topological polar surface area (TPSA) is 103 Å². The van der Waals surface area contributed by atoms with E-state index in [9.17, 15) is 14.4 Å². The number of nitrogens with one attached hydrogen (secondary N) is 3. The van der Waals surface area contributed by atoms with Crippen LogP contribution in [0.5, 0.6) is 0 Å². The fourth-order valence-corrected chi connectivity index (χ4v) is 7.03. The van der Waals surface area contributed by atoms with Crippen molar-refractivity contribution in [1.29, 1.82) is 0 Å². The second-order valence-corrected chi connectivity index (χ2v) is 14.2. The van der Waals surface area contributed by atoms with Gasteiger partial charge in [0.2, 0.25) is 5.91 Å². The Bertz CT molecular complexity index is 2180. The number of aromatic nitrogens is 1. The van der Waals surface area contributed by atoms with E-state index in [-0.39, 0.29) is 11.6 Å². The smallest absolute Gasteiger partial charge is 0.272 e. The number of rotatable bonds is 12. The minimum Gasteiger partial charge on any atom is -0.378 e. The largest absolute Gasteiger partial charge is 0.378 e. The van der Waals surface area contributed by atoms with Crippen LogP contribution in [0.4, 0.5) is 16.5 Å². The van der Waals surface area contributed by atoms with Crippen LogP contribution in [0.2, 0.25) is 0 Å². The van der Waals surface area contributed by atoms with Crippen molar-refractivity contribution < 1.29 is 14.4 Å². The molecule has 0 saturated heterocycles. The fourth-order valence-electron chi connectivity index (χ4n) is 5.22. The first-order valence-corrected chi connectivity index (χ1v) is 18.3. The van der Waals surface area contributed by atoms with Gasteiger partial charge < -0.3 is 20.9 Å². The first kappa shape index (κ1) is 35.8. The molecule has 0 aliphatic carbocycles. The highest BCUT2D eigenvalue weighted by Gasteiger charge is 2.24. The number of hydrogen-bond donors (Lipinski definition) is 3. The first-order valence-electron chi connectivity index (χ1n) is 16.5. The van der Waals surface area contributed by atoms with Crippen molar-refractivity contribution in [2.24, 2.45) is 0 Å². The maximum atomic E-state index is 13.8. The monoisotopic (exact) mass is 723 g/mol. The van der Waals surface area contributed by atoms with Gasteiger partial charge in [0.1, 0.15) is 10.9 Å². The van der Waals surface area contributed by atoms with Crippen molar-refractivity contribution in [3.8, 4) is 11.3 Å². The molecule has 3 N–H and O–H groups in total. The summed E-state index contributed by atoms with van der Waals surface area (Å²) in [6.07, 6.45) is 1.65. The molecule has 0 fully saturated rings. The van der Waals surface area contributed by atoms with Gasteiger partial charge in [0, 0.05) is 46.9 Å². The van der Waals surface area contributed by atoms with Crippen LogP contribution in [0.3, 0.4) is 0 Å². The number of carbonyl (C=O) groups excluding carboxylic acids is 3. The van der Waals surface area contributed by atoms with Gasteiger partial charge in [0.25, 0.3) is 11.8 Å². The Kier molecular flexibility index (Phi) is 11.6. The standard InChI is InChI=1S/C42H37N5O3S2/c1-28-17-21-30(22-18-28)37-27-51-42(45-37)46-41(50)38(31-11-6-4-7-12-31)52-35-16-10-15-33(26-35)43-40(49)36(44-39(48)32-13-8-5-9-14-32)25-29-19-23-34(24-20-29)47(2)3/h4-27,38H,1-3H3,(H,43,49)(H,44,48)(H,45,46,50)/b36-25+. The molecule has 1 unspecified atom stereocenters. The first-order chi connectivity index (χ1) is 25.2. The van der Waals surface area contributed by atoms with Gasteiger partial charge in [-0.15, -0.1) is 23.1 Å². The van der Waals surface area contributed by atoms with Crippen LogP contribution in [-0.4, -0.2) is 36.8 Å². The lowest BCUT2D eigenvalue weighted by Crippen LogP contribution is -2.30. The van der Waals surface area contributed by atoms with E-state index in [1.54, 1.807) is 36.4 Å². The highest BCUT2D eigenvalue weighted by molar-refractivity contribution is 8.00. The van der Waals surface area contributed by atoms with Gasteiger partial charge in [-0.1, -0.05) is 96.6 Å². The Balaban J connectivity index is 1.21. The molecule has 0 radical (unpaired) electrons. The second kappa shape index (κ2) is 16.8. The van der Waals surface area contributed by atoms with Crippen molar-refractivity contribution in [1.82, 2.24) is 10.3 Å². The van der Waals surface area contributed by atoms with Crippen LogP contribution < -0.4 is 20.9 Å². The summed E-state index contributed by atoms with van der Waals surface area (Å²) in [5, 5.41) is 10.6. The average Bonchev–Trinajstić information content (AvgIpc) is 3.63. The Labute approximate surface area is 311 Å². The minimum atomic E-state index is -0.607. The summed E-state index contributed by atoms with van der Waals surface area (Å²) in [6.45, 7) is 2.04. The number of benzene rings is 5. The number of nitrogens with zero attached hydrogens (tertiary/aromatic N) is 2. The molecular formula is C42H37N5O3S2. The molecule has 52 heavy (non-hydrogen) atoms. The van der Waals surface area contributed by atoms with E-state index >= 15 is 0 Å². The Hall–Kier alpha value is -5.97. The lowest BCUT2D eigenvalue weighted by Gasteiger charge is -2.17. The Morgan fingerprint density at radius 3 is 2.17 bits per heavy atom. The molecule has 1 atom stereocenters. The third-order valence-electron chi connectivity index (χ3n) is 8.02. The van der Waals surface area contributed by atoms with Crippen LogP contribution >= 0.6 is 23.1 Å². The molecular weight excluding hydrogens is 687 g/mol. The van der Waals surface area contributed by atoms with Crippen LogP contribution in [0.25, 0.3) is 17.3 Å². The molecule has 0 saturated carbocycles. The summed E-state index contributed by atoms with van der Waals surface area (Å²) < 4.78 is 0. The van der Waals surface area contributed by atoms with Gasteiger partial charge in [0.15, 0.2) is 5.13 Å². The summed E-state index contributed by atoms with van der Waals surface area (Å²) in [7, 11) is 3.90. The molecule has 0 spiro atoms. The highest BCUT2D eigenvalue weighted by Crippen LogP contribution is 2.38. The van der Waals surface area contributed by atoms with E-state index < -0.39 is 17.1 Å². The molecule has 8 nitrogen and oxygen atoms in total. The molecule has 3 amide bonds. The Morgan fingerprint density at radius 1 is 0.788 bits per heavy atom. The predicted octanol–water partition coefficient (Wildman–Crippen LogP) is 9.07. The van der Waals surface area contributed by atoms with Crippen molar-refractivity contribution in [3.05, 3.63) is 167 Å². The summed E-state index contributed by atoms with van der Waals surface area (Å²) in [6, 6.07) is 41.3. The lowest BCUT2D eigenvalue weighted by molar-refractivity contribution is -0.116. The van der Waals surface area contributed by atoms with Crippen molar-refractivity contribution in [2.75, 3.05) is 29.6 Å². The fraction of sp³-hybridized carbons (Fsp3) is 0.0952. The molecule has 0 aliphatic rings. The van der Waals surface area contributed by atoms with Gasteiger partial charge in [-0.25, -0.2) is 4.98 Å². The summed E-state index contributed by atoms with van der Waals surface area (Å²) >= 11 is 2.74. The minimum absolute atomic E-state index is 0.0829. The van der Waals surface area contributed by atoms with E-state index in [0.29, 0.717) is 16.4 Å². The number of aryl methyl sites for hydroxylation is 1. The van der Waals surface area contributed by atoms with E-state index in [0.717, 1.165) is 38.5 Å². The quantitative estimate of drug-likeness (QED) is 0.0860. The van der Waals surface area contributed by atoms with Gasteiger partial charge in [-0.2, -0.15) is 0 Å². The van der Waals surface area contributed by atoms with Crippen LogP contribution in [0, 0.1) is 6.92 Å². The molecule has 1 aromatic heterocycles. The lowest BCUT2D eigenvalue weighted by atomic mass is 10.1. The summed E-state index contributed by atoms with van der Waals surface area (Å²) in [4.78, 5) is 48.2. The molecule has 10 heteroatoms. The van der Waals surface area contributed by atoms with Crippen LogP contribution in [0.15, 0.2) is 149 Å². The number of carbonyl (C=O) groups is 3. The maximum absolute atomic E-state index is 13.8. The van der Waals surface area contributed by atoms with Crippen LogP contribution in [-0.2, 0) is 9.59 Å². The zero-order valence-corrected chi connectivity index (χ0v) is 30.5. The molecule has 5 aromatic carbocycles. The highest BCUT2D eigenvalue weighted by atomic mass is 32.2. The number of hydrogen-bond acceptors (Lipinski definition) is 7. The van der Waals surface area contributed by atoms with Crippen molar-refractivity contribution in [2.45, 2.75) is 17.1 Å². The van der Waals surface area contributed by atoms with Gasteiger partial charge >= 0.3 is 0 Å². The molecule has 6 aromatic rings. The predicted molar refractivity (Wildman–Crippen MR) is 214 cm³/mol. The maximum Gasteiger partial charge on any atom is 0.272 e. The average molecular weight is 724 g/mol. The van der Waals surface area contributed by atoms with Gasteiger partial charge in [0.05, 0.1) is 5.69 Å². The normalized spacial score (nSPS) is 11.7. The van der Waals surface area contributed by atoms with Crippen molar-refractivity contribution in [3.63, 3.8) is 0 Å².